The number of fused-ring (bicyclic) bond motifs is 6. The van der Waals surface area contributed by atoms with Crippen molar-refractivity contribution in [2.24, 2.45) is 33.7 Å². The molecule has 0 radical (unpaired) electrons. The highest BCUT2D eigenvalue weighted by Gasteiger charge is 2.65. The number of aromatic amines is 1. The van der Waals surface area contributed by atoms with Crippen molar-refractivity contribution in [2.45, 2.75) is 90.2 Å². The molecule has 9 heteroatoms. The Morgan fingerprint density at radius 2 is 1.86 bits per heavy atom. The summed E-state index contributed by atoms with van der Waals surface area (Å²) in [7, 11) is 1.31. The highest BCUT2D eigenvalue weighted by atomic mass is 16.6. The number of nitrogens with zero attached hydrogens (tertiary/aromatic N) is 1. The standard InChI is InChI=1S/C35H45N3O6/c1-21(39)35(42)16-13-28-26-10-9-23-18-24(11-14-33(23,2)27(26)12-15-34(28,35)3)38-44-20-31(40)37-30(32(41)43-4)17-22-19-36-29-8-6-5-7-25(22)29/h5-8,18-19,26-28,30,36,42H,9-17,20H2,1-4H3,(H,37,40)/b38-24-/t26-,27+,28+,30-,33+,34+,35+/m1/s1. The minimum absolute atomic E-state index is 0.0632. The molecule has 0 spiro atoms. The third-order valence-electron chi connectivity index (χ3n) is 12.0. The molecular formula is C35H45N3O6. The highest BCUT2D eigenvalue weighted by molar-refractivity contribution is 5.96. The van der Waals surface area contributed by atoms with Crippen LogP contribution in [0.4, 0.5) is 0 Å². The summed E-state index contributed by atoms with van der Waals surface area (Å²) in [5, 5.41) is 19.5. The second kappa shape index (κ2) is 11.5. The summed E-state index contributed by atoms with van der Waals surface area (Å²) < 4.78 is 4.95. The molecule has 0 bridgehead atoms. The Morgan fingerprint density at radius 1 is 1.09 bits per heavy atom. The number of aromatic nitrogens is 1. The van der Waals surface area contributed by atoms with Gasteiger partial charge in [-0.15, -0.1) is 0 Å². The Hall–Kier alpha value is -3.46. The molecule has 3 fully saturated rings. The quantitative estimate of drug-likeness (QED) is 0.287. The van der Waals surface area contributed by atoms with Crippen molar-refractivity contribution in [3.8, 4) is 0 Å². The molecule has 0 unspecified atom stereocenters. The van der Waals surface area contributed by atoms with Crippen molar-refractivity contribution >= 4 is 34.3 Å². The number of ether oxygens (including phenoxy) is 1. The lowest BCUT2D eigenvalue weighted by Crippen LogP contribution is -2.57. The number of carbonyl (C=O) groups is 3. The number of hydrogen-bond acceptors (Lipinski definition) is 7. The molecule has 0 saturated heterocycles. The summed E-state index contributed by atoms with van der Waals surface area (Å²) in [5.74, 6) is 0.366. The van der Waals surface area contributed by atoms with Crippen LogP contribution >= 0.6 is 0 Å². The van der Waals surface area contributed by atoms with E-state index in [-0.39, 0.29) is 29.6 Å². The van der Waals surface area contributed by atoms with Gasteiger partial charge in [0.1, 0.15) is 11.6 Å². The molecule has 7 atom stereocenters. The number of Topliss-reactive ketones (excluding diaryl/α,β-unsaturated/α-hetero) is 1. The molecule has 6 rings (SSSR count). The number of nitrogens with one attached hydrogen (secondary N) is 2. The smallest absolute Gasteiger partial charge is 0.328 e. The fourth-order valence-electron chi connectivity index (χ4n) is 9.50. The van der Waals surface area contributed by atoms with E-state index in [2.05, 4.69) is 35.4 Å². The molecular weight excluding hydrogens is 558 g/mol. The fourth-order valence-corrected chi connectivity index (χ4v) is 9.50. The molecule has 236 valence electrons. The van der Waals surface area contributed by atoms with E-state index in [1.54, 1.807) is 6.92 Å². The molecule has 44 heavy (non-hydrogen) atoms. The van der Waals surface area contributed by atoms with Gasteiger partial charge in [-0.2, -0.15) is 0 Å². The van der Waals surface area contributed by atoms with E-state index in [1.807, 2.05) is 30.5 Å². The Bertz CT molecular complexity index is 1530. The summed E-state index contributed by atoms with van der Waals surface area (Å²) in [6, 6.07) is 6.96. The van der Waals surface area contributed by atoms with Crippen molar-refractivity contribution in [2.75, 3.05) is 13.7 Å². The number of rotatable bonds is 8. The molecule has 9 nitrogen and oxygen atoms in total. The van der Waals surface area contributed by atoms with Gasteiger partial charge in [-0.25, -0.2) is 4.79 Å². The Labute approximate surface area is 258 Å². The summed E-state index contributed by atoms with van der Waals surface area (Å²) >= 11 is 0. The van der Waals surface area contributed by atoms with E-state index in [9.17, 15) is 19.5 Å². The summed E-state index contributed by atoms with van der Waals surface area (Å²) in [6.45, 7) is 5.80. The second-order valence-corrected chi connectivity index (χ2v) is 14.0. The first-order valence-corrected chi connectivity index (χ1v) is 16.1. The van der Waals surface area contributed by atoms with Crippen LogP contribution in [0.25, 0.3) is 10.9 Å². The van der Waals surface area contributed by atoms with Crippen LogP contribution in [-0.4, -0.2) is 58.8 Å². The van der Waals surface area contributed by atoms with Crippen LogP contribution in [0.2, 0.25) is 0 Å². The average Bonchev–Trinajstić information content (AvgIpc) is 3.54. The third-order valence-corrected chi connectivity index (χ3v) is 12.0. The van der Waals surface area contributed by atoms with Crippen molar-refractivity contribution in [3.63, 3.8) is 0 Å². The lowest BCUT2D eigenvalue weighted by molar-refractivity contribution is -0.159. The summed E-state index contributed by atoms with van der Waals surface area (Å²) in [5.41, 5.74) is 2.63. The van der Waals surface area contributed by atoms with E-state index in [0.717, 1.165) is 67.1 Å². The minimum atomic E-state index is -1.19. The normalized spacial score (nSPS) is 34.3. The number of amides is 1. The Balaban J connectivity index is 1.08. The highest BCUT2D eigenvalue weighted by Crippen LogP contribution is 2.67. The van der Waals surface area contributed by atoms with E-state index >= 15 is 0 Å². The molecule has 0 aliphatic heterocycles. The van der Waals surface area contributed by atoms with Crippen LogP contribution in [0.5, 0.6) is 0 Å². The van der Waals surface area contributed by atoms with Gasteiger partial charge in [-0.05, 0) is 99.2 Å². The van der Waals surface area contributed by atoms with Gasteiger partial charge < -0.3 is 25.0 Å². The van der Waals surface area contributed by atoms with E-state index in [0.29, 0.717) is 24.2 Å². The van der Waals surface area contributed by atoms with Crippen LogP contribution in [0, 0.1) is 28.6 Å². The third kappa shape index (κ3) is 4.97. The Morgan fingerprint density at radius 3 is 2.64 bits per heavy atom. The second-order valence-electron chi connectivity index (χ2n) is 14.0. The van der Waals surface area contributed by atoms with Gasteiger partial charge in [-0.1, -0.05) is 42.8 Å². The molecule has 4 aliphatic carbocycles. The molecule has 1 aromatic carbocycles. The predicted molar refractivity (Wildman–Crippen MR) is 167 cm³/mol. The minimum Gasteiger partial charge on any atom is -0.467 e. The first-order chi connectivity index (χ1) is 21.0. The van der Waals surface area contributed by atoms with Gasteiger partial charge >= 0.3 is 5.97 Å². The van der Waals surface area contributed by atoms with E-state index < -0.39 is 23.5 Å². The van der Waals surface area contributed by atoms with Crippen LogP contribution in [0.3, 0.4) is 0 Å². The first-order valence-electron chi connectivity index (χ1n) is 16.1. The predicted octanol–water partition coefficient (Wildman–Crippen LogP) is 5.02. The zero-order valence-corrected chi connectivity index (χ0v) is 26.3. The maximum Gasteiger partial charge on any atom is 0.328 e. The molecule has 1 heterocycles. The lowest BCUT2D eigenvalue weighted by Gasteiger charge is -2.59. The van der Waals surface area contributed by atoms with Crippen molar-refractivity contribution in [3.05, 3.63) is 47.7 Å². The van der Waals surface area contributed by atoms with Gasteiger partial charge in [0.2, 0.25) is 0 Å². The maximum atomic E-state index is 12.8. The molecule has 1 amide bonds. The van der Waals surface area contributed by atoms with Crippen LogP contribution in [-0.2, 0) is 30.4 Å². The number of esters is 1. The number of hydrogen-bond donors (Lipinski definition) is 3. The van der Waals surface area contributed by atoms with Crippen molar-refractivity contribution < 1.29 is 29.1 Å². The van der Waals surface area contributed by atoms with Gasteiger partial charge in [0.15, 0.2) is 12.4 Å². The van der Waals surface area contributed by atoms with Gasteiger partial charge in [0.05, 0.1) is 12.8 Å². The number of benzene rings is 1. The number of ketones is 1. The van der Waals surface area contributed by atoms with Gasteiger partial charge in [-0.3, -0.25) is 9.59 Å². The number of H-pyrrole nitrogens is 1. The number of aliphatic hydroxyl groups is 1. The topological polar surface area (TPSA) is 130 Å². The molecule has 1 aromatic heterocycles. The van der Waals surface area contributed by atoms with E-state index in [4.69, 9.17) is 9.57 Å². The van der Waals surface area contributed by atoms with Crippen LogP contribution in [0.1, 0.15) is 77.7 Å². The average molecular weight is 604 g/mol. The first kappa shape index (κ1) is 30.6. The molecule has 4 aliphatic rings. The van der Waals surface area contributed by atoms with Gasteiger partial charge in [0, 0.05) is 28.9 Å². The Kier molecular flexibility index (Phi) is 7.97. The number of carbonyl (C=O) groups excluding carboxylic acids is 3. The maximum absolute atomic E-state index is 12.8. The number of methoxy groups -OCH3 is 1. The molecule has 3 saturated carbocycles. The summed E-state index contributed by atoms with van der Waals surface area (Å²) in [6.07, 6.45) is 11.4. The monoisotopic (exact) mass is 603 g/mol. The number of allylic oxidation sites excluding steroid dienone is 2. The lowest BCUT2D eigenvalue weighted by atomic mass is 9.46. The van der Waals surface area contributed by atoms with E-state index in [1.165, 1.54) is 12.7 Å². The largest absolute Gasteiger partial charge is 0.467 e. The fraction of sp³-hybridized carbons (Fsp3) is 0.600. The summed E-state index contributed by atoms with van der Waals surface area (Å²) in [4.78, 5) is 46.5. The molecule has 2 aromatic rings. The number of para-hydroxylation sites is 1. The number of oxime groups is 1. The molecule has 3 N–H and O–H groups in total. The van der Waals surface area contributed by atoms with Crippen molar-refractivity contribution in [1.82, 2.24) is 10.3 Å². The zero-order valence-electron chi connectivity index (χ0n) is 26.3. The SMILES string of the molecule is COC(=O)[C@@H](Cc1c[nH]c2ccccc12)NC(=O)CO/N=C1\C=C2CC[C@@H]3[C@H](CC[C@@]4(C)[C@H]3CC[C@]4(O)C(C)=O)[C@@]2(C)CC1. The van der Waals surface area contributed by atoms with Gasteiger partial charge in [0.25, 0.3) is 5.91 Å². The van der Waals surface area contributed by atoms with Crippen LogP contribution < -0.4 is 5.32 Å². The zero-order chi connectivity index (χ0) is 31.3. The van der Waals surface area contributed by atoms with Crippen molar-refractivity contribution in [1.29, 1.82) is 0 Å². The van der Waals surface area contributed by atoms with Crippen LogP contribution in [0.15, 0.2) is 47.3 Å².